The van der Waals surface area contributed by atoms with Gasteiger partial charge in [-0.1, -0.05) is 16.7 Å². The highest BCUT2D eigenvalue weighted by molar-refractivity contribution is 6.31. The number of carbonyl (C=O) groups excluding carboxylic acids is 1. The van der Waals surface area contributed by atoms with Gasteiger partial charge in [-0.05, 0) is 57.9 Å². The van der Waals surface area contributed by atoms with Crippen molar-refractivity contribution in [1.82, 2.24) is 30.0 Å². The Balaban J connectivity index is 1.01. The van der Waals surface area contributed by atoms with Gasteiger partial charge in [0, 0.05) is 62.4 Å². The summed E-state index contributed by atoms with van der Waals surface area (Å²) in [4.78, 5) is 28.6. The van der Waals surface area contributed by atoms with Crippen molar-refractivity contribution < 1.29 is 23.4 Å². The Kier molecular flexibility index (Phi) is 7.99. The number of halogens is 2. The second kappa shape index (κ2) is 12.0. The standard InChI is InChI=1S/C32H37ClFN7O4/c1-4-41(19(2)3)30(42)22-13-20(34)5-6-25(22)45-31-36-29(28(33)37-38-31)40-17-32(18-40)14-21(15-32)44-26-7-9-35-23-8-10-39-11-12-43-16-24(39)27(23)26/h5-7,9,13,19,21,24H,4,8,10-12,14-18H2,1-3H3. The quantitative estimate of drug-likeness (QED) is 0.345. The highest BCUT2D eigenvalue weighted by Gasteiger charge is 2.54. The highest BCUT2D eigenvalue weighted by atomic mass is 35.5. The number of carbonyl (C=O) groups is 1. The van der Waals surface area contributed by atoms with Gasteiger partial charge >= 0.3 is 6.01 Å². The molecule has 1 aliphatic carbocycles. The van der Waals surface area contributed by atoms with Crippen molar-refractivity contribution >= 4 is 23.3 Å². The van der Waals surface area contributed by atoms with Crippen molar-refractivity contribution in [2.75, 3.05) is 50.8 Å². The Morgan fingerprint density at radius 1 is 1.20 bits per heavy atom. The Labute approximate surface area is 266 Å². The van der Waals surface area contributed by atoms with Crippen molar-refractivity contribution in [2.24, 2.45) is 5.41 Å². The number of nitrogens with zero attached hydrogens (tertiary/aromatic N) is 7. The fourth-order valence-corrected chi connectivity index (χ4v) is 7.41. The molecule has 7 rings (SSSR count). The van der Waals surface area contributed by atoms with Gasteiger partial charge in [0.15, 0.2) is 11.0 Å². The van der Waals surface area contributed by atoms with Crippen LogP contribution in [0.2, 0.25) is 5.15 Å². The molecule has 4 aliphatic rings. The van der Waals surface area contributed by atoms with Crippen LogP contribution < -0.4 is 14.4 Å². The zero-order valence-electron chi connectivity index (χ0n) is 25.7. The predicted molar refractivity (Wildman–Crippen MR) is 165 cm³/mol. The molecule has 0 bridgehead atoms. The number of aromatic nitrogens is 4. The fourth-order valence-electron chi connectivity index (χ4n) is 7.21. The van der Waals surface area contributed by atoms with Crippen molar-refractivity contribution in [3.05, 3.63) is 58.3 Å². The molecule has 1 aromatic carbocycles. The lowest BCUT2D eigenvalue weighted by molar-refractivity contribution is -0.0399. The summed E-state index contributed by atoms with van der Waals surface area (Å²) in [5.41, 5.74) is 2.51. The molecule has 3 aliphatic heterocycles. The summed E-state index contributed by atoms with van der Waals surface area (Å²) in [6, 6.07) is 5.86. The van der Waals surface area contributed by atoms with E-state index in [9.17, 15) is 9.18 Å². The van der Waals surface area contributed by atoms with E-state index in [1.807, 2.05) is 33.0 Å². The van der Waals surface area contributed by atoms with Crippen LogP contribution in [0.5, 0.6) is 17.5 Å². The maximum Gasteiger partial charge on any atom is 0.343 e. The van der Waals surface area contributed by atoms with Crippen LogP contribution in [0.3, 0.4) is 0 Å². The summed E-state index contributed by atoms with van der Waals surface area (Å²) in [5, 5.41) is 8.22. The van der Waals surface area contributed by atoms with Crippen LogP contribution in [-0.2, 0) is 11.2 Å². The molecule has 1 spiro atoms. The molecule has 0 radical (unpaired) electrons. The second-order valence-corrected chi connectivity index (χ2v) is 13.0. The number of anilines is 1. The summed E-state index contributed by atoms with van der Waals surface area (Å²) < 4.78 is 32.5. The molecule has 2 aromatic heterocycles. The number of morpholine rings is 1. The minimum atomic E-state index is -0.538. The first-order valence-electron chi connectivity index (χ1n) is 15.6. The van der Waals surface area contributed by atoms with Gasteiger partial charge in [-0.3, -0.25) is 14.7 Å². The zero-order valence-corrected chi connectivity index (χ0v) is 26.5. The van der Waals surface area contributed by atoms with Crippen molar-refractivity contribution in [3.63, 3.8) is 0 Å². The van der Waals surface area contributed by atoms with Gasteiger partial charge in [0.1, 0.15) is 23.4 Å². The van der Waals surface area contributed by atoms with Crippen LogP contribution in [0.15, 0.2) is 30.5 Å². The first-order chi connectivity index (χ1) is 21.7. The van der Waals surface area contributed by atoms with E-state index >= 15 is 0 Å². The van der Waals surface area contributed by atoms with E-state index < -0.39 is 5.82 Å². The maximum absolute atomic E-state index is 14.2. The maximum atomic E-state index is 14.2. The number of fused-ring (bicyclic) bond motifs is 3. The third kappa shape index (κ3) is 5.68. The minimum Gasteiger partial charge on any atom is -0.490 e. The monoisotopic (exact) mass is 637 g/mol. The van der Waals surface area contributed by atoms with Crippen LogP contribution in [0, 0.1) is 11.2 Å². The normalized spacial score (nSPS) is 20.7. The molecule has 1 saturated carbocycles. The largest absolute Gasteiger partial charge is 0.490 e. The van der Waals surface area contributed by atoms with E-state index in [4.69, 9.17) is 25.8 Å². The highest BCUT2D eigenvalue weighted by Crippen LogP contribution is 2.52. The lowest BCUT2D eigenvalue weighted by Crippen LogP contribution is -2.65. The van der Waals surface area contributed by atoms with Crippen LogP contribution >= 0.6 is 11.6 Å². The first kappa shape index (κ1) is 30.1. The predicted octanol–water partition coefficient (Wildman–Crippen LogP) is 4.70. The van der Waals surface area contributed by atoms with Crippen molar-refractivity contribution in [2.45, 2.75) is 58.2 Å². The lowest BCUT2D eigenvalue weighted by atomic mass is 9.61. The van der Waals surface area contributed by atoms with Gasteiger partial charge < -0.3 is 24.0 Å². The van der Waals surface area contributed by atoms with Gasteiger partial charge in [0.25, 0.3) is 5.91 Å². The third-order valence-electron chi connectivity index (χ3n) is 9.42. The number of ether oxygens (including phenoxy) is 3. The lowest BCUT2D eigenvalue weighted by Gasteiger charge is -2.58. The van der Waals surface area contributed by atoms with Gasteiger partial charge in [-0.25, -0.2) is 4.39 Å². The molecular weight excluding hydrogens is 601 g/mol. The van der Waals surface area contributed by atoms with Crippen LogP contribution in [-0.4, -0.2) is 94.0 Å². The van der Waals surface area contributed by atoms with E-state index in [-0.39, 0.29) is 52.0 Å². The molecule has 1 unspecified atom stereocenters. The molecule has 3 fully saturated rings. The summed E-state index contributed by atoms with van der Waals surface area (Å²) in [6.45, 7) is 11.0. The number of rotatable bonds is 8. The third-order valence-corrected chi connectivity index (χ3v) is 9.66. The Morgan fingerprint density at radius 2 is 2.02 bits per heavy atom. The summed E-state index contributed by atoms with van der Waals surface area (Å²) in [7, 11) is 0. The summed E-state index contributed by atoms with van der Waals surface area (Å²) in [6.07, 6.45) is 4.76. The number of pyridine rings is 1. The Morgan fingerprint density at radius 3 is 2.80 bits per heavy atom. The zero-order chi connectivity index (χ0) is 31.3. The van der Waals surface area contributed by atoms with E-state index in [1.165, 1.54) is 23.8 Å². The van der Waals surface area contributed by atoms with E-state index in [2.05, 4.69) is 30.0 Å². The van der Waals surface area contributed by atoms with Crippen molar-refractivity contribution in [3.8, 4) is 17.5 Å². The van der Waals surface area contributed by atoms with Gasteiger partial charge in [-0.2, -0.15) is 4.98 Å². The average Bonchev–Trinajstić information content (AvgIpc) is 2.99. The smallest absolute Gasteiger partial charge is 0.343 e. The molecular formula is C32H37ClFN7O4. The Bertz CT molecular complexity index is 1600. The molecule has 1 atom stereocenters. The topological polar surface area (TPSA) is 106 Å². The first-order valence-corrected chi connectivity index (χ1v) is 16.0. The van der Waals surface area contributed by atoms with Crippen molar-refractivity contribution in [1.29, 1.82) is 0 Å². The van der Waals surface area contributed by atoms with Crippen LogP contribution in [0.25, 0.3) is 0 Å². The van der Waals surface area contributed by atoms with E-state index in [1.54, 1.807) is 4.90 Å². The molecule has 5 heterocycles. The van der Waals surface area contributed by atoms with E-state index in [0.29, 0.717) is 19.0 Å². The number of hydrogen-bond acceptors (Lipinski definition) is 10. The molecule has 13 heteroatoms. The molecule has 2 saturated heterocycles. The molecule has 45 heavy (non-hydrogen) atoms. The molecule has 11 nitrogen and oxygen atoms in total. The molecule has 3 aromatic rings. The molecule has 238 valence electrons. The van der Waals surface area contributed by atoms with Gasteiger partial charge in [-0.15, -0.1) is 5.10 Å². The average molecular weight is 638 g/mol. The van der Waals surface area contributed by atoms with Gasteiger partial charge in [0.2, 0.25) is 0 Å². The fraction of sp³-hybridized carbons (Fsp3) is 0.531. The minimum absolute atomic E-state index is 0.0679. The van der Waals surface area contributed by atoms with Crippen LogP contribution in [0.4, 0.5) is 10.2 Å². The Hall–Kier alpha value is -3.61. The second-order valence-electron chi connectivity index (χ2n) is 12.7. The molecule has 1 amide bonds. The van der Waals surface area contributed by atoms with E-state index in [0.717, 1.165) is 63.5 Å². The van der Waals surface area contributed by atoms with Crippen LogP contribution in [0.1, 0.15) is 61.3 Å². The summed E-state index contributed by atoms with van der Waals surface area (Å²) in [5.74, 6) is 0.659. The molecule has 0 N–H and O–H groups in total. The SMILES string of the molecule is CCN(C(=O)c1cc(F)ccc1Oc1nnc(Cl)c(N2CC3(CC(Oc4ccnc5c4C4COCCN4CC5)C3)C2)n1)C(C)C. The number of benzene rings is 1. The summed E-state index contributed by atoms with van der Waals surface area (Å²) >= 11 is 6.43. The number of amides is 1. The number of hydrogen-bond donors (Lipinski definition) is 0. The van der Waals surface area contributed by atoms with Gasteiger partial charge in [0.05, 0.1) is 30.5 Å².